The van der Waals surface area contributed by atoms with Crippen molar-refractivity contribution in [1.82, 2.24) is 41.7 Å². The van der Waals surface area contributed by atoms with Crippen LogP contribution < -0.4 is 31.9 Å². The Labute approximate surface area is 286 Å². The lowest BCUT2D eigenvalue weighted by molar-refractivity contribution is 0.0492. The molecule has 48 heavy (non-hydrogen) atoms. The average molecular weight is 687 g/mol. The molecule has 0 spiro atoms. The second-order valence-corrected chi connectivity index (χ2v) is 14.2. The fourth-order valence-electron chi connectivity index (χ4n) is 5.10. The highest BCUT2D eigenvalue weighted by atomic mass is 16.6. The monoisotopic (exact) mass is 686 g/mol. The lowest BCUT2D eigenvalue weighted by Crippen LogP contribution is -2.41. The van der Waals surface area contributed by atoms with Gasteiger partial charge in [0.25, 0.3) is 0 Å². The lowest BCUT2D eigenvalue weighted by atomic mass is 10.2. The normalized spacial score (nSPS) is 18.6. The van der Waals surface area contributed by atoms with E-state index in [1.807, 2.05) is 41.5 Å². The molecule has 2 heterocycles. The van der Waals surface area contributed by atoms with Gasteiger partial charge < -0.3 is 50.8 Å². The number of ether oxygens (including phenoxy) is 4. The molecule has 0 aromatic carbocycles. The van der Waals surface area contributed by atoms with Crippen LogP contribution in [0.15, 0.2) is 0 Å². The number of rotatable bonds is 19. The molecule has 278 valence electrons. The summed E-state index contributed by atoms with van der Waals surface area (Å²) in [4.78, 5) is 52.2. The molecular formula is C32H62N8O8. The molecule has 0 aromatic rings. The van der Waals surface area contributed by atoms with Crippen LogP contribution in [-0.2, 0) is 18.9 Å². The van der Waals surface area contributed by atoms with E-state index in [9.17, 15) is 19.2 Å². The van der Waals surface area contributed by atoms with E-state index in [1.165, 1.54) is 0 Å². The maximum absolute atomic E-state index is 12.0. The highest BCUT2D eigenvalue weighted by Gasteiger charge is 2.27. The number of amides is 6. The van der Waals surface area contributed by atoms with Crippen molar-refractivity contribution in [2.75, 3.05) is 91.9 Å². The molecule has 2 aliphatic rings. The van der Waals surface area contributed by atoms with E-state index in [-0.39, 0.29) is 36.3 Å². The van der Waals surface area contributed by atoms with Gasteiger partial charge in [0, 0.05) is 77.5 Å². The first-order valence-electron chi connectivity index (χ1n) is 17.3. The Morgan fingerprint density at radius 2 is 0.958 bits per heavy atom. The fourth-order valence-corrected chi connectivity index (χ4v) is 5.10. The lowest BCUT2D eigenvalue weighted by Gasteiger charge is -2.22. The van der Waals surface area contributed by atoms with Gasteiger partial charge in [-0.05, 0) is 67.2 Å². The van der Waals surface area contributed by atoms with Gasteiger partial charge in [0.1, 0.15) is 11.2 Å². The Kier molecular flexibility index (Phi) is 18.7. The molecule has 16 heteroatoms. The first kappa shape index (κ1) is 41.1. The number of unbranched alkanes of at least 4 members (excludes halogenated alkanes) is 1. The van der Waals surface area contributed by atoms with Crippen LogP contribution in [0.25, 0.3) is 0 Å². The summed E-state index contributed by atoms with van der Waals surface area (Å²) in [5.41, 5.74) is -1.02. The molecule has 0 aliphatic carbocycles. The third kappa shape index (κ3) is 21.0. The summed E-state index contributed by atoms with van der Waals surface area (Å²) in [7, 11) is 0. The number of nitrogens with one attached hydrogen (secondary N) is 6. The van der Waals surface area contributed by atoms with Crippen LogP contribution in [-0.4, -0.2) is 149 Å². The predicted octanol–water partition coefficient (Wildman–Crippen LogP) is 1.60. The zero-order valence-corrected chi connectivity index (χ0v) is 30.0. The van der Waals surface area contributed by atoms with E-state index < -0.39 is 11.2 Å². The molecule has 16 nitrogen and oxygen atoms in total. The van der Waals surface area contributed by atoms with E-state index in [1.54, 1.807) is 0 Å². The maximum atomic E-state index is 12.0. The minimum absolute atomic E-state index is 0.0772. The number of carbonyl (C=O) groups excluding carboxylic acids is 4. The van der Waals surface area contributed by atoms with Crippen molar-refractivity contribution >= 4 is 24.2 Å². The number of hydrogen-bond acceptors (Lipinski definition) is 10. The smallest absolute Gasteiger partial charge is 0.407 e. The molecule has 0 bridgehead atoms. The van der Waals surface area contributed by atoms with Crippen molar-refractivity contribution < 1.29 is 38.1 Å². The van der Waals surface area contributed by atoms with Crippen molar-refractivity contribution in [3.05, 3.63) is 0 Å². The van der Waals surface area contributed by atoms with Gasteiger partial charge in [0.2, 0.25) is 0 Å². The van der Waals surface area contributed by atoms with Gasteiger partial charge in [-0.15, -0.1) is 0 Å². The largest absolute Gasteiger partial charge is 0.444 e. The first-order valence-corrected chi connectivity index (χ1v) is 17.3. The Hall–Kier alpha value is -3.08. The van der Waals surface area contributed by atoms with Gasteiger partial charge in [-0.3, -0.25) is 9.80 Å². The average Bonchev–Trinajstić information content (AvgIpc) is 3.61. The van der Waals surface area contributed by atoms with E-state index in [0.717, 1.165) is 65.0 Å². The molecule has 0 radical (unpaired) electrons. The third-order valence-electron chi connectivity index (χ3n) is 7.33. The molecule has 2 fully saturated rings. The van der Waals surface area contributed by atoms with E-state index in [2.05, 4.69) is 41.7 Å². The topological polar surface area (TPSA) is 184 Å². The minimum atomic E-state index is -0.510. The number of urea groups is 2. The first-order chi connectivity index (χ1) is 22.7. The standard InChI is InChI=1S/C32H62N8O8/c1-31(2,3)47-29(43)37-25-9-15-39(23-25)17-21-45-19-13-35-27(41)33-11-7-8-12-34-28(42)36-14-20-46-22-18-40-16-10-26(24-40)38-30(44)48-32(4,5)6/h25-26H,7-24H2,1-6H3,(H,37,43)(H,38,44)(H2,33,35,41)(H2,34,36,42)/t25-,26-/m1/s1. The second-order valence-electron chi connectivity index (χ2n) is 14.2. The molecule has 6 amide bonds. The van der Waals surface area contributed by atoms with E-state index in [4.69, 9.17) is 18.9 Å². The van der Waals surface area contributed by atoms with Gasteiger partial charge in [0.15, 0.2) is 0 Å². The molecule has 2 atom stereocenters. The second kappa shape index (κ2) is 21.8. The number of likely N-dealkylation sites (tertiary alicyclic amines) is 2. The van der Waals surface area contributed by atoms with Gasteiger partial charge in [-0.1, -0.05) is 0 Å². The number of alkyl carbamates (subject to hydrolysis) is 2. The Morgan fingerprint density at radius 3 is 1.33 bits per heavy atom. The summed E-state index contributed by atoms with van der Waals surface area (Å²) in [5, 5.41) is 17.0. The van der Waals surface area contributed by atoms with Crippen molar-refractivity contribution in [3.8, 4) is 0 Å². The van der Waals surface area contributed by atoms with Crippen LogP contribution in [0.1, 0.15) is 67.2 Å². The highest BCUT2D eigenvalue weighted by molar-refractivity contribution is 5.74. The zero-order chi connectivity index (χ0) is 35.4. The summed E-state index contributed by atoms with van der Waals surface area (Å²) >= 11 is 0. The van der Waals surface area contributed by atoms with Crippen LogP contribution >= 0.6 is 0 Å². The molecular weight excluding hydrogens is 624 g/mol. The van der Waals surface area contributed by atoms with Crippen LogP contribution in [0.3, 0.4) is 0 Å². The van der Waals surface area contributed by atoms with Crippen LogP contribution in [0.4, 0.5) is 19.2 Å². The van der Waals surface area contributed by atoms with Crippen LogP contribution in [0.5, 0.6) is 0 Å². The molecule has 2 aliphatic heterocycles. The molecule has 2 saturated heterocycles. The third-order valence-corrected chi connectivity index (χ3v) is 7.33. The van der Waals surface area contributed by atoms with Gasteiger partial charge in [-0.2, -0.15) is 0 Å². The zero-order valence-electron chi connectivity index (χ0n) is 30.0. The van der Waals surface area contributed by atoms with E-state index in [0.29, 0.717) is 52.6 Å². The number of carbonyl (C=O) groups is 4. The van der Waals surface area contributed by atoms with Crippen molar-refractivity contribution in [1.29, 1.82) is 0 Å². The predicted molar refractivity (Wildman–Crippen MR) is 182 cm³/mol. The van der Waals surface area contributed by atoms with Crippen LogP contribution in [0, 0.1) is 0 Å². The van der Waals surface area contributed by atoms with Crippen molar-refractivity contribution in [2.45, 2.75) is 90.5 Å². The van der Waals surface area contributed by atoms with Gasteiger partial charge in [0.05, 0.1) is 26.4 Å². The molecule has 0 aromatic heterocycles. The molecule has 0 unspecified atom stereocenters. The number of hydrogen-bond donors (Lipinski definition) is 6. The molecule has 0 saturated carbocycles. The summed E-state index contributed by atoms with van der Waals surface area (Å²) < 4.78 is 21.9. The summed E-state index contributed by atoms with van der Waals surface area (Å²) in [6.45, 7) is 19.6. The SMILES string of the molecule is CC(C)(C)OC(=O)N[C@@H]1CCN(CCOCCNC(=O)NCCCCNC(=O)NCCOCCN2CC[C@@H](NC(=O)OC(C)(C)C)C2)C1. The van der Waals surface area contributed by atoms with Crippen molar-refractivity contribution in [3.63, 3.8) is 0 Å². The number of nitrogens with zero attached hydrogens (tertiary/aromatic N) is 2. The van der Waals surface area contributed by atoms with Gasteiger partial charge in [-0.25, -0.2) is 19.2 Å². The van der Waals surface area contributed by atoms with E-state index >= 15 is 0 Å². The minimum Gasteiger partial charge on any atom is -0.444 e. The molecule has 2 rings (SSSR count). The Bertz CT molecular complexity index is 899. The summed E-state index contributed by atoms with van der Waals surface area (Å²) in [6, 6.07) is -0.342. The van der Waals surface area contributed by atoms with Gasteiger partial charge >= 0.3 is 24.2 Å². The summed E-state index contributed by atoms with van der Waals surface area (Å²) in [6.07, 6.45) is 2.45. The molecule has 6 N–H and O–H groups in total. The maximum Gasteiger partial charge on any atom is 0.407 e. The Morgan fingerprint density at radius 1 is 0.583 bits per heavy atom. The highest BCUT2D eigenvalue weighted by Crippen LogP contribution is 2.12. The van der Waals surface area contributed by atoms with Crippen molar-refractivity contribution in [2.24, 2.45) is 0 Å². The summed E-state index contributed by atoms with van der Waals surface area (Å²) in [5.74, 6) is 0. The fraction of sp³-hybridized carbons (Fsp3) is 0.875. The Balaban J connectivity index is 1.33. The van der Waals surface area contributed by atoms with Crippen LogP contribution in [0.2, 0.25) is 0 Å². The quantitative estimate of drug-likeness (QED) is 0.109.